The molecule has 2 aromatic carbocycles. The Hall–Kier alpha value is -1.78. The average Bonchev–Trinajstić information content (AvgIpc) is 2.75. The molecule has 158 valence electrons. The zero-order chi connectivity index (χ0) is 21.1. The highest BCUT2D eigenvalue weighted by Gasteiger charge is 2.35. The highest BCUT2D eigenvalue weighted by molar-refractivity contribution is 7.89. The average molecular weight is 438 g/mol. The van der Waals surface area contributed by atoms with Crippen LogP contribution >= 0.6 is 0 Å². The van der Waals surface area contributed by atoms with Gasteiger partial charge in [0.25, 0.3) is 10.2 Å². The van der Waals surface area contributed by atoms with Gasteiger partial charge in [0.15, 0.2) is 0 Å². The Balaban J connectivity index is 1.72. The fourth-order valence-electron chi connectivity index (χ4n) is 3.45. The van der Waals surface area contributed by atoms with E-state index in [-0.39, 0.29) is 31.1 Å². The van der Waals surface area contributed by atoms with Crippen LogP contribution in [0, 0.1) is 0 Å². The van der Waals surface area contributed by atoms with E-state index >= 15 is 0 Å². The summed E-state index contributed by atoms with van der Waals surface area (Å²) in [5.41, 5.74) is 1.96. The van der Waals surface area contributed by atoms with Gasteiger partial charge in [-0.3, -0.25) is 0 Å². The van der Waals surface area contributed by atoms with Crippen LogP contribution in [0.15, 0.2) is 59.5 Å². The second-order valence-electron chi connectivity index (χ2n) is 6.79. The molecule has 0 saturated carbocycles. The first-order chi connectivity index (χ1) is 13.8. The van der Waals surface area contributed by atoms with E-state index < -0.39 is 20.2 Å². The van der Waals surface area contributed by atoms with E-state index in [1.165, 1.54) is 12.9 Å². The van der Waals surface area contributed by atoms with E-state index in [1.54, 1.807) is 38.1 Å². The lowest BCUT2D eigenvalue weighted by atomic mass is 10.1. The minimum Gasteiger partial charge on any atom is -0.207 e. The van der Waals surface area contributed by atoms with Gasteiger partial charge < -0.3 is 0 Å². The molecular weight excluding hydrogens is 410 g/mol. The van der Waals surface area contributed by atoms with Crippen LogP contribution in [0.2, 0.25) is 0 Å². The Bertz CT molecular complexity index is 1010. The molecule has 0 aliphatic carbocycles. The molecule has 0 unspecified atom stereocenters. The molecule has 2 aromatic rings. The van der Waals surface area contributed by atoms with Crippen molar-refractivity contribution < 1.29 is 16.8 Å². The topological polar surface area (TPSA) is 78.0 Å². The minimum atomic E-state index is -3.66. The highest BCUT2D eigenvalue weighted by Crippen LogP contribution is 2.24. The van der Waals surface area contributed by atoms with E-state index in [4.69, 9.17) is 0 Å². The number of piperazine rings is 1. The number of nitrogens with zero attached hydrogens (tertiary/aromatic N) is 3. The van der Waals surface area contributed by atoms with E-state index in [0.717, 1.165) is 11.1 Å². The highest BCUT2D eigenvalue weighted by atomic mass is 32.2. The standard InChI is InChI=1S/C20H27N3O4S2/c1-3-21(4-2)29(26,27)23-16-14-22(15-17-23)28(24,25)20-12-10-19(11-13-20)18-8-6-5-7-9-18/h5-13H,3-4,14-17H2,1-2H3. The summed E-state index contributed by atoms with van der Waals surface area (Å²) >= 11 is 0. The molecule has 1 saturated heterocycles. The van der Waals surface area contributed by atoms with Crippen molar-refractivity contribution in [1.82, 2.24) is 12.9 Å². The van der Waals surface area contributed by atoms with Gasteiger partial charge in [-0.15, -0.1) is 0 Å². The molecule has 0 aromatic heterocycles. The van der Waals surface area contributed by atoms with Gasteiger partial charge >= 0.3 is 0 Å². The van der Waals surface area contributed by atoms with Gasteiger partial charge in [0.1, 0.15) is 0 Å². The molecule has 0 spiro atoms. The summed E-state index contributed by atoms with van der Waals surface area (Å²) in [4.78, 5) is 0.220. The fraction of sp³-hybridized carbons (Fsp3) is 0.400. The third-order valence-corrected chi connectivity index (χ3v) is 9.25. The van der Waals surface area contributed by atoms with Gasteiger partial charge in [0.2, 0.25) is 10.0 Å². The predicted molar refractivity (Wildman–Crippen MR) is 114 cm³/mol. The molecule has 0 radical (unpaired) electrons. The van der Waals surface area contributed by atoms with Crippen molar-refractivity contribution in [2.45, 2.75) is 18.7 Å². The van der Waals surface area contributed by atoms with Crippen molar-refractivity contribution >= 4 is 20.2 Å². The van der Waals surface area contributed by atoms with Crippen LogP contribution in [0.25, 0.3) is 11.1 Å². The first-order valence-electron chi connectivity index (χ1n) is 9.71. The van der Waals surface area contributed by atoms with Crippen molar-refractivity contribution in [1.29, 1.82) is 0 Å². The molecule has 0 N–H and O–H groups in total. The predicted octanol–water partition coefficient (Wildman–Crippen LogP) is 2.25. The summed E-state index contributed by atoms with van der Waals surface area (Å²) < 4.78 is 55.3. The maximum absolute atomic E-state index is 13.0. The number of sulfonamides is 1. The van der Waals surface area contributed by atoms with Crippen LogP contribution in [0.5, 0.6) is 0 Å². The van der Waals surface area contributed by atoms with Gasteiger partial charge in [0.05, 0.1) is 4.90 Å². The van der Waals surface area contributed by atoms with Crippen LogP contribution < -0.4 is 0 Å². The molecule has 0 bridgehead atoms. The summed E-state index contributed by atoms with van der Waals surface area (Å²) in [5, 5.41) is 0. The molecule has 1 aliphatic heterocycles. The molecule has 1 heterocycles. The van der Waals surface area contributed by atoms with E-state index in [0.29, 0.717) is 13.1 Å². The maximum atomic E-state index is 13.0. The molecule has 3 rings (SSSR count). The summed E-state index contributed by atoms with van der Waals surface area (Å²) in [6.45, 7) is 4.96. The lowest BCUT2D eigenvalue weighted by molar-refractivity contribution is 0.256. The van der Waals surface area contributed by atoms with Gasteiger partial charge in [-0.1, -0.05) is 56.3 Å². The zero-order valence-electron chi connectivity index (χ0n) is 16.7. The number of benzene rings is 2. The third-order valence-electron chi connectivity index (χ3n) is 5.15. The molecule has 7 nitrogen and oxygen atoms in total. The van der Waals surface area contributed by atoms with E-state index in [9.17, 15) is 16.8 Å². The van der Waals surface area contributed by atoms with Crippen molar-refractivity contribution in [2.24, 2.45) is 0 Å². The van der Waals surface area contributed by atoms with Crippen molar-refractivity contribution in [2.75, 3.05) is 39.3 Å². The normalized spacial score (nSPS) is 16.9. The van der Waals surface area contributed by atoms with Gasteiger partial charge in [-0.2, -0.15) is 21.3 Å². The SMILES string of the molecule is CCN(CC)S(=O)(=O)N1CCN(S(=O)(=O)c2ccc(-c3ccccc3)cc2)CC1. The lowest BCUT2D eigenvalue weighted by Gasteiger charge is -2.35. The summed E-state index contributed by atoms with van der Waals surface area (Å²) in [6.07, 6.45) is 0. The Morgan fingerprint density at radius 2 is 1.21 bits per heavy atom. The molecule has 1 aliphatic rings. The van der Waals surface area contributed by atoms with Crippen LogP contribution in [0.1, 0.15) is 13.8 Å². The summed E-state index contributed by atoms with van der Waals surface area (Å²) in [6, 6.07) is 16.6. The molecule has 1 fully saturated rings. The summed E-state index contributed by atoms with van der Waals surface area (Å²) in [7, 11) is -7.21. The molecule has 29 heavy (non-hydrogen) atoms. The molecule has 9 heteroatoms. The number of hydrogen-bond donors (Lipinski definition) is 0. The number of rotatable bonds is 7. The summed E-state index contributed by atoms with van der Waals surface area (Å²) in [5.74, 6) is 0. The first kappa shape index (κ1) is 21.9. The van der Waals surface area contributed by atoms with Gasteiger partial charge in [-0.25, -0.2) is 8.42 Å². The quantitative estimate of drug-likeness (QED) is 0.666. The van der Waals surface area contributed by atoms with Crippen molar-refractivity contribution in [3.05, 3.63) is 54.6 Å². The smallest absolute Gasteiger partial charge is 0.207 e. The molecule has 0 amide bonds. The maximum Gasteiger partial charge on any atom is 0.282 e. The zero-order valence-corrected chi connectivity index (χ0v) is 18.4. The third kappa shape index (κ3) is 4.54. The van der Waals surface area contributed by atoms with E-state index in [1.807, 2.05) is 30.3 Å². The monoisotopic (exact) mass is 437 g/mol. The van der Waals surface area contributed by atoms with E-state index in [2.05, 4.69) is 0 Å². The van der Waals surface area contributed by atoms with Gasteiger partial charge in [0, 0.05) is 39.3 Å². The van der Waals surface area contributed by atoms with Crippen molar-refractivity contribution in [3.63, 3.8) is 0 Å². The number of hydrogen-bond acceptors (Lipinski definition) is 4. The first-order valence-corrected chi connectivity index (χ1v) is 12.5. The largest absolute Gasteiger partial charge is 0.282 e. The second kappa shape index (κ2) is 8.93. The van der Waals surface area contributed by atoms with Crippen LogP contribution in [0.4, 0.5) is 0 Å². The van der Waals surface area contributed by atoms with Crippen LogP contribution in [-0.2, 0) is 20.2 Å². The van der Waals surface area contributed by atoms with Gasteiger partial charge in [-0.05, 0) is 23.3 Å². The fourth-order valence-corrected chi connectivity index (χ4v) is 6.48. The Kier molecular flexibility index (Phi) is 6.75. The van der Waals surface area contributed by atoms with Crippen molar-refractivity contribution in [3.8, 4) is 11.1 Å². The minimum absolute atomic E-state index is 0.142. The Morgan fingerprint density at radius 1 is 0.724 bits per heavy atom. The Morgan fingerprint density at radius 3 is 1.72 bits per heavy atom. The van der Waals surface area contributed by atoms with Crippen LogP contribution in [0.3, 0.4) is 0 Å². The van der Waals surface area contributed by atoms with Crippen LogP contribution in [-0.4, -0.2) is 69.0 Å². The molecular formula is C20H27N3O4S2. The lowest BCUT2D eigenvalue weighted by Crippen LogP contribution is -2.54. The second-order valence-corrected chi connectivity index (χ2v) is 10.7. The molecule has 0 atom stereocenters. The Labute approximate surface area is 173 Å².